The highest BCUT2D eigenvalue weighted by Gasteiger charge is 2.35. The van der Waals surface area contributed by atoms with Gasteiger partial charge in [0.1, 0.15) is 5.75 Å². The first-order valence-corrected chi connectivity index (χ1v) is 11.1. The van der Waals surface area contributed by atoms with E-state index in [0.717, 1.165) is 24.2 Å². The molecule has 2 aromatic rings. The standard InChI is InChI=1S/C23H30N4O5/c1-26(23(29)17-7-10-31-11-8-17)9-6-20-24-22(32-25-20)18-14-27(15-18)21(28)13-16-4-3-5-19(12-16)30-2/h3-5,12,17-18H,6-11,13-15H2,1-2H3. The molecule has 1 aromatic carbocycles. The molecule has 0 aliphatic carbocycles. The maximum Gasteiger partial charge on any atom is 0.233 e. The minimum Gasteiger partial charge on any atom is -0.497 e. The third kappa shape index (κ3) is 5.27. The van der Waals surface area contributed by atoms with Crippen LogP contribution in [0.25, 0.3) is 0 Å². The SMILES string of the molecule is COc1cccc(CC(=O)N2CC(c3nc(CCN(C)C(=O)C4CCOCC4)no3)C2)c1. The number of carbonyl (C=O) groups is 2. The Morgan fingerprint density at radius 1 is 1.25 bits per heavy atom. The number of aromatic nitrogens is 2. The summed E-state index contributed by atoms with van der Waals surface area (Å²) in [5, 5.41) is 4.06. The first kappa shape index (κ1) is 22.3. The molecule has 2 aliphatic heterocycles. The van der Waals surface area contributed by atoms with Crippen molar-refractivity contribution < 1.29 is 23.6 Å². The summed E-state index contributed by atoms with van der Waals surface area (Å²) in [7, 11) is 3.43. The summed E-state index contributed by atoms with van der Waals surface area (Å²) in [5.41, 5.74) is 0.928. The smallest absolute Gasteiger partial charge is 0.233 e. The fraction of sp³-hybridized carbons (Fsp3) is 0.565. The van der Waals surface area contributed by atoms with Gasteiger partial charge in [0.15, 0.2) is 5.82 Å². The zero-order chi connectivity index (χ0) is 22.5. The van der Waals surface area contributed by atoms with Crippen molar-refractivity contribution in [3.05, 3.63) is 41.5 Å². The predicted molar refractivity (Wildman–Crippen MR) is 115 cm³/mol. The van der Waals surface area contributed by atoms with Crippen molar-refractivity contribution in [3.8, 4) is 5.75 Å². The van der Waals surface area contributed by atoms with Gasteiger partial charge in [0.2, 0.25) is 17.7 Å². The monoisotopic (exact) mass is 442 g/mol. The summed E-state index contributed by atoms with van der Waals surface area (Å²) in [5.74, 6) is 2.23. The first-order valence-electron chi connectivity index (χ1n) is 11.1. The van der Waals surface area contributed by atoms with E-state index in [1.165, 1.54) is 0 Å². The highest BCUT2D eigenvalue weighted by Crippen LogP contribution is 2.27. The summed E-state index contributed by atoms with van der Waals surface area (Å²) in [6, 6.07) is 7.54. The Bertz CT molecular complexity index is 934. The van der Waals surface area contributed by atoms with Crippen LogP contribution in [0, 0.1) is 5.92 Å². The van der Waals surface area contributed by atoms with Crippen molar-refractivity contribution in [2.45, 2.75) is 31.6 Å². The quantitative estimate of drug-likeness (QED) is 0.613. The van der Waals surface area contributed by atoms with E-state index in [1.54, 1.807) is 16.9 Å². The Balaban J connectivity index is 1.21. The van der Waals surface area contributed by atoms with Crippen molar-refractivity contribution in [1.82, 2.24) is 19.9 Å². The van der Waals surface area contributed by atoms with E-state index >= 15 is 0 Å². The molecular formula is C23H30N4O5. The predicted octanol–water partition coefficient (Wildman–Crippen LogP) is 1.67. The van der Waals surface area contributed by atoms with Gasteiger partial charge in [-0.25, -0.2) is 0 Å². The van der Waals surface area contributed by atoms with Gasteiger partial charge in [-0.1, -0.05) is 17.3 Å². The van der Waals surface area contributed by atoms with Gasteiger partial charge in [-0.05, 0) is 30.5 Å². The molecule has 0 spiro atoms. The number of rotatable bonds is 8. The summed E-state index contributed by atoms with van der Waals surface area (Å²) in [6.45, 7) is 3.00. The number of carbonyl (C=O) groups excluding carboxylic acids is 2. The third-order valence-corrected chi connectivity index (χ3v) is 6.17. The van der Waals surface area contributed by atoms with Crippen molar-refractivity contribution in [3.63, 3.8) is 0 Å². The molecule has 0 N–H and O–H groups in total. The fourth-order valence-corrected chi connectivity index (χ4v) is 4.08. The summed E-state index contributed by atoms with van der Waals surface area (Å²) < 4.78 is 16.0. The maximum atomic E-state index is 12.5. The Morgan fingerprint density at radius 2 is 2.03 bits per heavy atom. The van der Waals surface area contributed by atoms with Crippen LogP contribution in [0.15, 0.2) is 28.8 Å². The van der Waals surface area contributed by atoms with E-state index in [0.29, 0.717) is 57.4 Å². The van der Waals surface area contributed by atoms with E-state index in [2.05, 4.69) is 10.1 Å². The summed E-state index contributed by atoms with van der Waals surface area (Å²) in [4.78, 5) is 33.1. The number of hydrogen-bond acceptors (Lipinski definition) is 7. The number of likely N-dealkylation sites (tertiary alicyclic amines) is 1. The second-order valence-corrected chi connectivity index (χ2v) is 8.47. The zero-order valence-electron chi connectivity index (χ0n) is 18.7. The normalized spacial score (nSPS) is 17.1. The number of methoxy groups -OCH3 is 1. The molecule has 9 heteroatoms. The van der Waals surface area contributed by atoms with Crippen molar-refractivity contribution in [2.75, 3.05) is 47.0 Å². The minimum atomic E-state index is 0.0463. The van der Waals surface area contributed by atoms with Crippen LogP contribution in [0.5, 0.6) is 5.75 Å². The van der Waals surface area contributed by atoms with E-state index < -0.39 is 0 Å². The van der Waals surface area contributed by atoms with E-state index in [4.69, 9.17) is 14.0 Å². The second kappa shape index (κ2) is 10.1. The Morgan fingerprint density at radius 3 is 2.78 bits per heavy atom. The number of hydrogen-bond donors (Lipinski definition) is 0. The van der Waals surface area contributed by atoms with Gasteiger partial charge in [0, 0.05) is 52.2 Å². The second-order valence-electron chi connectivity index (χ2n) is 8.47. The molecule has 0 atom stereocenters. The number of benzene rings is 1. The van der Waals surface area contributed by atoms with Crippen LogP contribution in [0.4, 0.5) is 0 Å². The first-order chi connectivity index (χ1) is 15.5. The van der Waals surface area contributed by atoms with Crippen LogP contribution < -0.4 is 4.74 Å². The molecule has 0 saturated carbocycles. The van der Waals surface area contributed by atoms with E-state index in [-0.39, 0.29) is 23.7 Å². The van der Waals surface area contributed by atoms with Crippen molar-refractivity contribution >= 4 is 11.8 Å². The lowest BCUT2D eigenvalue weighted by Crippen LogP contribution is -2.49. The molecule has 0 unspecified atom stereocenters. The van der Waals surface area contributed by atoms with Crippen LogP contribution >= 0.6 is 0 Å². The van der Waals surface area contributed by atoms with E-state index in [1.807, 2.05) is 31.3 Å². The minimum absolute atomic E-state index is 0.0463. The summed E-state index contributed by atoms with van der Waals surface area (Å²) >= 11 is 0. The number of ether oxygens (including phenoxy) is 2. The van der Waals surface area contributed by atoms with Crippen LogP contribution in [0.1, 0.15) is 36.0 Å². The Hall–Kier alpha value is -2.94. The van der Waals surface area contributed by atoms with Gasteiger partial charge >= 0.3 is 0 Å². The lowest BCUT2D eigenvalue weighted by Gasteiger charge is -2.37. The van der Waals surface area contributed by atoms with Crippen molar-refractivity contribution in [2.24, 2.45) is 5.92 Å². The van der Waals surface area contributed by atoms with Gasteiger partial charge in [-0.3, -0.25) is 9.59 Å². The van der Waals surface area contributed by atoms with Crippen LogP contribution in [-0.4, -0.2) is 78.8 Å². The topological polar surface area (TPSA) is 98.0 Å². The molecule has 0 bridgehead atoms. The van der Waals surface area contributed by atoms with Gasteiger partial charge in [0.25, 0.3) is 0 Å². The molecule has 2 saturated heterocycles. The Labute approximate surface area is 187 Å². The molecule has 9 nitrogen and oxygen atoms in total. The lowest BCUT2D eigenvalue weighted by molar-refractivity contribution is -0.137. The molecule has 1 aromatic heterocycles. The largest absolute Gasteiger partial charge is 0.497 e. The van der Waals surface area contributed by atoms with E-state index in [9.17, 15) is 9.59 Å². The third-order valence-electron chi connectivity index (χ3n) is 6.17. The highest BCUT2D eigenvalue weighted by atomic mass is 16.5. The molecule has 172 valence electrons. The zero-order valence-corrected chi connectivity index (χ0v) is 18.7. The molecular weight excluding hydrogens is 412 g/mol. The maximum absolute atomic E-state index is 12.5. The molecule has 2 amide bonds. The van der Waals surface area contributed by atoms with Gasteiger partial charge in [-0.15, -0.1) is 0 Å². The van der Waals surface area contributed by atoms with Gasteiger partial charge in [0.05, 0.1) is 19.4 Å². The summed E-state index contributed by atoms with van der Waals surface area (Å²) in [6.07, 6.45) is 2.45. The average molecular weight is 443 g/mol. The van der Waals surface area contributed by atoms with Gasteiger partial charge in [-0.2, -0.15) is 4.98 Å². The molecule has 2 aliphatic rings. The number of nitrogens with zero attached hydrogens (tertiary/aromatic N) is 4. The molecule has 2 fully saturated rings. The van der Waals surface area contributed by atoms with Crippen molar-refractivity contribution in [1.29, 1.82) is 0 Å². The molecule has 4 rings (SSSR count). The molecule has 32 heavy (non-hydrogen) atoms. The highest BCUT2D eigenvalue weighted by molar-refractivity contribution is 5.80. The van der Waals surface area contributed by atoms with Crippen LogP contribution in [-0.2, 0) is 27.2 Å². The molecule has 3 heterocycles. The van der Waals surface area contributed by atoms with Gasteiger partial charge < -0.3 is 23.8 Å². The Kier molecular flexibility index (Phi) is 7.04. The number of likely N-dealkylation sites (N-methyl/N-ethyl adjacent to an activating group) is 1. The fourth-order valence-electron chi connectivity index (χ4n) is 4.08. The number of amides is 2. The van der Waals surface area contributed by atoms with Crippen LogP contribution in [0.2, 0.25) is 0 Å². The molecule has 0 radical (unpaired) electrons. The lowest BCUT2D eigenvalue weighted by atomic mass is 9.98. The average Bonchev–Trinajstić information content (AvgIpc) is 3.25. The van der Waals surface area contributed by atoms with Crippen LogP contribution in [0.3, 0.4) is 0 Å².